The fourth-order valence-corrected chi connectivity index (χ4v) is 3.45. The molecule has 2 heterocycles. The highest BCUT2D eigenvalue weighted by atomic mass is 16.4. The van der Waals surface area contributed by atoms with Gasteiger partial charge in [0.2, 0.25) is 0 Å². The van der Waals surface area contributed by atoms with E-state index >= 15 is 0 Å². The second kappa shape index (κ2) is 4.98. The van der Waals surface area contributed by atoms with Crippen molar-refractivity contribution in [3.8, 4) is 0 Å². The van der Waals surface area contributed by atoms with E-state index < -0.39 is 5.97 Å². The highest BCUT2D eigenvalue weighted by Crippen LogP contribution is 2.32. The molecule has 2 aliphatic rings. The molecule has 3 N–H and O–H groups in total. The lowest BCUT2D eigenvalue weighted by molar-refractivity contribution is 0.0697. The lowest BCUT2D eigenvalue weighted by atomic mass is 10.0. The molecule has 0 spiro atoms. The molecule has 3 rings (SSSR count). The van der Waals surface area contributed by atoms with Crippen molar-refractivity contribution in [1.29, 1.82) is 0 Å². The predicted octanol–water partition coefficient (Wildman–Crippen LogP) is 1.64. The van der Waals surface area contributed by atoms with Gasteiger partial charge in [-0.1, -0.05) is 0 Å². The SMILES string of the molecule is CC1CN2CCCC2CN1c1cc(C(=O)O)ccc1N. The molecular formula is C15H21N3O2. The minimum absolute atomic E-state index is 0.301. The zero-order valence-corrected chi connectivity index (χ0v) is 11.7. The van der Waals surface area contributed by atoms with Crippen LogP contribution in [0.5, 0.6) is 0 Å². The second-order valence-corrected chi connectivity index (χ2v) is 5.87. The first-order valence-corrected chi connectivity index (χ1v) is 7.20. The summed E-state index contributed by atoms with van der Waals surface area (Å²) in [6.07, 6.45) is 2.48. The van der Waals surface area contributed by atoms with Crippen molar-refractivity contribution in [1.82, 2.24) is 4.90 Å². The Balaban J connectivity index is 1.91. The number of nitrogens with zero attached hydrogens (tertiary/aromatic N) is 2. The minimum Gasteiger partial charge on any atom is -0.478 e. The summed E-state index contributed by atoms with van der Waals surface area (Å²) in [5, 5.41) is 9.15. The van der Waals surface area contributed by atoms with Gasteiger partial charge in [0, 0.05) is 25.2 Å². The summed E-state index contributed by atoms with van der Waals surface area (Å²) in [7, 11) is 0. The van der Waals surface area contributed by atoms with E-state index in [2.05, 4.69) is 16.7 Å². The van der Waals surface area contributed by atoms with E-state index in [4.69, 9.17) is 10.8 Å². The number of carboxylic acids is 1. The van der Waals surface area contributed by atoms with Gasteiger partial charge >= 0.3 is 5.97 Å². The molecule has 0 aliphatic carbocycles. The van der Waals surface area contributed by atoms with E-state index in [-0.39, 0.29) is 0 Å². The summed E-state index contributed by atoms with van der Waals surface area (Å²) >= 11 is 0. The van der Waals surface area contributed by atoms with Crippen molar-refractivity contribution >= 4 is 17.3 Å². The van der Waals surface area contributed by atoms with Gasteiger partial charge in [0.25, 0.3) is 0 Å². The minimum atomic E-state index is -0.904. The number of fused-ring (bicyclic) bond motifs is 1. The first-order valence-electron chi connectivity index (χ1n) is 7.20. The maximum absolute atomic E-state index is 11.1. The van der Waals surface area contributed by atoms with Gasteiger partial charge in [-0.05, 0) is 44.5 Å². The number of carbonyl (C=O) groups is 1. The number of nitrogens with two attached hydrogens (primary N) is 1. The quantitative estimate of drug-likeness (QED) is 0.803. The molecule has 2 saturated heterocycles. The standard InChI is InChI=1S/C15H21N3O2/c1-10-8-17-6-2-3-12(17)9-18(10)14-7-11(15(19)20)4-5-13(14)16/h4-5,7,10,12H,2-3,6,8-9,16H2,1H3,(H,19,20). The molecule has 2 atom stereocenters. The van der Waals surface area contributed by atoms with Gasteiger partial charge in [-0.15, -0.1) is 0 Å². The van der Waals surface area contributed by atoms with Crippen LogP contribution in [0.2, 0.25) is 0 Å². The van der Waals surface area contributed by atoms with Crippen LogP contribution in [0.4, 0.5) is 11.4 Å². The molecule has 2 fully saturated rings. The van der Waals surface area contributed by atoms with E-state index in [0.29, 0.717) is 23.3 Å². The van der Waals surface area contributed by atoms with E-state index in [0.717, 1.165) is 18.8 Å². The third kappa shape index (κ3) is 2.22. The Labute approximate surface area is 119 Å². The highest BCUT2D eigenvalue weighted by molar-refractivity contribution is 5.90. The first-order chi connectivity index (χ1) is 9.56. The smallest absolute Gasteiger partial charge is 0.335 e. The number of anilines is 2. The molecule has 5 heteroatoms. The fraction of sp³-hybridized carbons (Fsp3) is 0.533. The van der Waals surface area contributed by atoms with Gasteiger partial charge in [0.1, 0.15) is 0 Å². The molecule has 1 aromatic carbocycles. The highest BCUT2D eigenvalue weighted by Gasteiger charge is 2.35. The number of piperazine rings is 1. The molecule has 0 saturated carbocycles. The average molecular weight is 275 g/mol. The zero-order valence-electron chi connectivity index (χ0n) is 11.7. The van der Waals surface area contributed by atoms with Gasteiger partial charge in [0.15, 0.2) is 0 Å². The number of nitrogen functional groups attached to an aromatic ring is 1. The summed E-state index contributed by atoms with van der Waals surface area (Å²) < 4.78 is 0. The van der Waals surface area contributed by atoms with Gasteiger partial charge in [0.05, 0.1) is 16.9 Å². The van der Waals surface area contributed by atoms with E-state index in [1.807, 2.05) is 0 Å². The Morgan fingerprint density at radius 1 is 1.40 bits per heavy atom. The van der Waals surface area contributed by atoms with E-state index in [1.165, 1.54) is 19.4 Å². The third-order valence-corrected chi connectivity index (χ3v) is 4.52. The van der Waals surface area contributed by atoms with Crippen LogP contribution in [0.15, 0.2) is 18.2 Å². The summed E-state index contributed by atoms with van der Waals surface area (Å²) in [5.41, 5.74) is 7.90. The average Bonchev–Trinajstić information content (AvgIpc) is 2.85. The molecule has 108 valence electrons. The molecule has 5 nitrogen and oxygen atoms in total. The molecule has 0 aromatic heterocycles. The molecule has 2 unspecified atom stereocenters. The van der Waals surface area contributed by atoms with Gasteiger partial charge < -0.3 is 15.7 Å². The summed E-state index contributed by atoms with van der Waals surface area (Å²) in [6.45, 7) is 5.34. The molecular weight excluding hydrogens is 254 g/mol. The molecule has 0 radical (unpaired) electrons. The van der Waals surface area contributed by atoms with E-state index in [1.54, 1.807) is 18.2 Å². The summed E-state index contributed by atoms with van der Waals surface area (Å²) in [4.78, 5) is 16.0. The van der Waals surface area contributed by atoms with Gasteiger partial charge in [-0.2, -0.15) is 0 Å². The maximum atomic E-state index is 11.1. The number of benzene rings is 1. The van der Waals surface area contributed by atoms with Crippen molar-refractivity contribution < 1.29 is 9.90 Å². The van der Waals surface area contributed by atoms with Crippen LogP contribution < -0.4 is 10.6 Å². The second-order valence-electron chi connectivity index (χ2n) is 5.87. The van der Waals surface area contributed by atoms with Crippen molar-refractivity contribution in [2.45, 2.75) is 31.8 Å². The van der Waals surface area contributed by atoms with Crippen LogP contribution >= 0.6 is 0 Å². The van der Waals surface area contributed by atoms with Crippen LogP contribution in [0.25, 0.3) is 0 Å². The Kier molecular flexibility index (Phi) is 3.30. The lowest BCUT2D eigenvalue weighted by Crippen LogP contribution is -2.55. The summed E-state index contributed by atoms with van der Waals surface area (Å²) in [6, 6.07) is 5.91. The molecule has 2 aliphatic heterocycles. The molecule has 1 aromatic rings. The topological polar surface area (TPSA) is 69.8 Å². The monoisotopic (exact) mass is 275 g/mol. The Bertz CT molecular complexity index is 532. The maximum Gasteiger partial charge on any atom is 0.335 e. The largest absolute Gasteiger partial charge is 0.478 e. The fourth-order valence-electron chi connectivity index (χ4n) is 3.45. The molecule has 20 heavy (non-hydrogen) atoms. The summed E-state index contributed by atoms with van der Waals surface area (Å²) in [5.74, 6) is -0.904. The molecule has 0 bridgehead atoms. The zero-order chi connectivity index (χ0) is 14.3. The number of rotatable bonds is 2. The Morgan fingerprint density at radius 2 is 2.20 bits per heavy atom. The van der Waals surface area contributed by atoms with Crippen LogP contribution in [-0.2, 0) is 0 Å². The Morgan fingerprint density at radius 3 is 2.95 bits per heavy atom. The number of hydrogen-bond donors (Lipinski definition) is 2. The first kappa shape index (κ1) is 13.2. The number of carboxylic acid groups (broad SMARTS) is 1. The van der Waals surface area contributed by atoms with Crippen molar-refractivity contribution in [3.05, 3.63) is 23.8 Å². The Hall–Kier alpha value is -1.75. The lowest BCUT2D eigenvalue weighted by Gasteiger charge is -2.44. The number of aromatic carboxylic acids is 1. The van der Waals surface area contributed by atoms with Crippen LogP contribution in [0.1, 0.15) is 30.1 Å². The third-order valence-electron chi connectivity index (χ3n) is 4.52. The van der Waals surface area contributed by atoms with Gasteiger partial charge in [-0.3, -0.25) is 4.90 Å². The molecule has 0 amide bonds. The normalized spacial score (nSPS) is 26.6. The van der Waals surface area contributed by atoms with E-state index in [9.17, 15) is 4.79 Å². The van der Waals surface area contributed by atoms with Crippen LogP contribution in [0, 0.1) is 0 Å². The van der Waals surface area contributed by atoms with Crippen molar-refractivity contribution in [2.75, 3.05) is 30.3 Å². The number of hydrogen-bond acceptors (Lipinski definition) is 4. The van der Waals surface area contributed by atoms with Crippen LogP contribution in [-0.4, -0.2) is 47.7 Å². The van der Waals surface area contributed by atoms with Gasteiger partial charge in [-0.25, -0.2) is 4.79 Å². The van der Waals surface area contributed by atoms with Crippen molar-refractivity contribution in [2.24, 2.45) is 0 Å². The predicted molar refractivity (Wildman–Crippen MR) is 79.2 cm³/mol. The van der Waals surface area contributed by atoms with Crippen LogP contribution in [0.3, 0.4) is 0 Å². The van der Waals surface area contributed by atoms with Crippen molar-refractivity contribution in [3.63, 3.8) is 0 Å².